The molecule has 2 aromatic carbocycles. The zero-order valence-electron chi connectivity index (χ0n) is 25.7. The molecule has 2 N–H and O–H groups in total. The van der Waals surface area contributed by atoms with Crippen LogP contribution in [0.4, 0.5) is 33.6 Å². The van der Waals surface area contributed by atoms with Crippen LogP contribution < -0.4 is 175 Å². The minimum atomic E-state index is -4.48. The monoisotopic (exact) mass is 803 g/mol. The van der Waals surface area contributed by atoms with Gasteiger partial charge in [0, 0.05) is 54.4 Å². The third-order valence-corrected chi connectivity index (χ3v) is 7.91. The molecule has 3 rings (SSSR count). The van der Waals surface area contributed by atoms with Crippen molar-refractivity contribution >= 4 is 88.2 Å². The second kappa shape index (κ2) is 23.8. The van der Waals surface area contributed by atoms with Crippen LogP contribution in [0.5, 0.6) is 0 Å². The van der Waals surface area contributed by atoms with Gasteiger partial charge < -0.3 is 29.9 Å². The Morgan fingerprint density at radius 2 is 1.66 bits per heavy atom. The first-order valence-corrected chi connectivity index (χ1v) is 16.9. The average Bonchev–Trinajstić information content (AvgIpc) is 3.42. The van der Waals surface area contributed by atoms with Crippen molar-refractivity contribution in [1.82, 2.24) is 9.36 Å². The third-order valence-electron chi connectivity index (χ3n) is 5.31. The van der Waals surface area contributed by atoms with Crippen LogP contribution in [0.15, 0.2) is 59.3 Å². The average molecular weight is 804 g/mol. The van der Waals surface area contributed by atoms with E-state index in [0.717, 1.165) is 11.5 Å². The molecule has 0 aliphatic heterocycles. The number of anilines is 4. The molecule has 0 unspecified atom stereocenters. The number of hydrogen-bond acceptors (Lipinski definition) is 18. The largest absolute Gasteiger partial charge is 1.00 e. The summed E-state index contributed by atoms with van der Waals surface area (Å²) >= 11 is 1.40. The number of aromatic nitrogens is 2. The maximum absolute atomic E-state index is 12.0. The first kappa shape index (κ1) is 48.4. The van der Waals surface area contributed by atoms with Crippen LogP contribution in [-0.4, -0.2) is 65.8 Å². The molecule has 0 atom stereocenters. The molecule has 0 spiro atoms. The Hall–Kier alpha value is 1.37. The number of carbonyl (C=O) groups excluding carboxylic acids is 1. The van der Waals surface area contributed by atoms with Crippen LogP contribution in [0.3, 0.4) is 0 Å². The molecule has 1 amide bonds. The summed E-state index contributed by atoms with van der Waals surface area (Å²) in [5, 5.41) is 27.1. The molecule has 238 valence electrons. The number of nitrogens with zero attached hydrogens (tertiary/aromatic N) is 5. The van der Waals surface area contributed by atoms with E-state index < -0.39 is 37.6 Å². The van der Waals surface area contributed by atoms with E-state index in [1.165, 1.54) is 6.92 Å². The Morgan fingerprint density at radius 1 is 1.02 bits per heavy atom. The molecule has 0 aliphatic carbocycles. The molecule has 0 bridgehead atoms. The molecule has 0 fully saturated rings. The van der Waals surface area contributed by atoms with Gasteiger partial charge in [0.25, 0.3) is 0 Å². The number of carbonyl (C=O) groups is 1. The summed E-state index contributed by atoms with van der Waals surface area (Å²) in [6.07, 6.45) is -0.0148. The number of nitrogens with one attached hydrogen (secondary N) is 2. The predicted octanol–water partition coefficient (Wildman–Crippen LogP) is -6.20. The van der Waals surface area contributed by atoms with Crippen LogP contribution in [0.1, 0.15) is 19.2 Å². The van der Waals surface area contributed by atoms with Gasteiger partial charge in [-0.15, -0.1) is 10.2 Å². The van der Waals surface area contributed by atoms with Gasteiger partial charge in [0.15, 0.2) is 5.82 Å². The van der Waals surface area contributed by atoms with E-state index in [2.05, 4.69) is 46.2 Å². The van der Waals surface area contributed by atoms with Gasteiger partial charge in [-0.25, -0.2) is 16.8 Å². The van der Waals surface area contributed by atoms with E-state index in [-0.39, 0.29) is 201 Å². The van der Waals surface area contributed by atoms with E-state index in [0.29, 0.717) is 29.1 Å². The van der Waals surface area contributed by atoms with Crippen LogP contribution in [-0.2, 0) is 34.4 Å². The predicted molar refractivity (Wildman–Crippen MR) is 159 cm³/mol. The summed E-state index contributed by atoms with van der Waals surface area (Å²) in [7, 11) is -8.86. The minimum Gasteiger partial charge on any atom is -0.748 e. The van der Waals surface area contributed by atoms with Crippen molar-refractivity contribution in [1.29, 1.82) is 0 Å². The quantitative estimate of drug-likeness (QED) is 0.0322. The Kier molecular flexibility index (Phi) is 24.5. The first-order chi connectivity index (χ1) is 20.7. The van der Waals surface area contributed by atoms with Crippen LogP contribution in [0, 0.1) is 0 Å². The summed E-state index contributed by atoms with van der Waals surface area (Å²) in [5.41, 5.74) is 2.10. The molecule has 0 aliphatic rings. The summed E-state index contributed by atoms with van der Waals surface area (Å²) < 4.78 is 74.5. The number of benzene rings is 2. The van der Waals surface area contributed by atoms with E-state index in [4.69, 9.17) is 0 Å². The zero-order chi connectivity index (χ0) is 32.3. The Morgan fingerprint density at radius 3 is 2.26 bits per heavy atom. The SMILES string of the molecule is C=C(SOO[O-])c1nsc(N=Nc2ccc(N(CCCS(=O)(=O)[O-])c3ccc(NCCS(=O)(=O)[O-])cc3)cc2NC(C)=O)n1.[K+].[K+].[K+]. The Labute approximate surface area is 407 Å². The van der Waals surface area contributed by atoms with Gasteiger partial charge >= 0.3 is 154 Å². The number of amides is 1. The smallest absolute Gasteiger partial charge is 0.748 e. The molecule has 3 aromatic rings. The Bertz CT molecular complexity index is 1710. The van der Waals surface area contributed by atoms with Crippen LogP contribution >= 0.6 is 23.6 Å². The van der Waals surface area contributed by atoms with Crippen LogP contribution in [0.25, 0.3) is 4.91 Å². The van der Waals surface area contributed by atoms with Crippen molar-refractivity contribution in [3.8, 4) is 0 Å². The number of rotatable bonds is 17. The van der Waals surface area contributed by atoms with Gasteiger partial charge in [0.2, 0.25) is 11.0 Å². The summed E-state index contributed by atoms with van der Waals surface area (Å²) in [6, 6.07) is 11.4. The standard InChI is InChI=1S/C23H27N7O10S4.3K/c1-15(42-40-39-32)22-26-23(41-29-22)28-27-20-9-8-19(14-21(20)25-16(2)31)30(11-3-12-43(33,34)35)18-6-4-17(5-7-18)24-10-13-44(36,37)38;;;/h4-9,14,24,32H,1,3,10-13H2,2H3,(H,25,31)(H,33,34,35)(H,36,37,38);;;/q;3*+1/p-3. The maximum Gasteiger partial charge on any atom is 1.00 e. The Balaban J connectivity index is 0.00000705. The van der Waals surface area contributed by atoms with E-state index in [9.17, 15) is 36.0 Å². The molecule has 0 saturated heterocycles. The normalized spacial score (nSPS) is 11.1. The molecule has 17 nitrogen and oxygen atoms in total. The topological polar surface area (TPSA) is 251 Å². The van der Waals surface area contributed by atoms with E-state index in [1.807, 2.05) is 0 Å². The molecule has 1 heterocycles. The van der Waals surface area contributed by atoms with Crippen LogP contribution in [0.2, 0.25) is 0 Å². The van der Waals surface area contributed by atoms with Crippen molar-refractivity contribution in [2.24, 2.45) is 10.2 Å². The van der Waals surface area contributed by atoms with Gasteiger partial charge in [-0.05, 0) is 48.9 Å². The summed E-state index contributed by atoms with van der Waals surface area (Å²) in [6.45, 7) is 4.94. The molecule has 24 heteroatoms. The fraction of sp³-hybridized carbons (Fsp3) is 0.261. The maximum atomic E-state index is 12.0. The van der Waals surface area contributed by atoms with Crippen molar-refractivity contribution in [2.45, 2.75) is 13.3 Å². The summed E-state index contributed by atoms with van der Waals surface area (Å²) in [4.78, 5) is 18.0. The second-order valence-electron chi connectivity index (χ2n) is 8.63. The molecule has 1 aromatic heterocycles. The summed E-state index contributed by atoms with van der Waals surface area (Å²) in [5.74, 6) is -1.48. The fourth-order valence-electron chi connectivity index (χ4n) is 3.51. The van der Waals surface area contributed by atoms with Gasteiger partial charge in [-0.3, -0.25) is 9.83 Å². The van der Waals surface area contributed by atoms with E-state index >= 15 is 0 Å². The second-order valence-corrected chi connectivity index (χ2v) is 13.2. The van der Waals surface area contributed by atoms with Gasteiger partial charge in [0.1, 0.15) is 5.69 Å². The third kappa shape index (κ3) is 18.6. The minimum absolute atomic E-state index is 0. The first-order valence-electron chi connectivity index (χ1n) is 12.2. The molecule has 0 saturated carbocycles. The fourth-order valence-corrected chi connectivity index (χ4v) is 5.21. The number of azo groups is 1. The molecular formula is C23H24K3N7O10S4. The van der Waals surface area contributed by atoms with Gasteiger partial charge in [-0.1, -0.05) is 6.58 Å². The van der Waals surface area contributed by atoms with E-state index in [1.54, 1.807) is 47.4 Å². The van der Waals surface area contributed by atoms with Crippen molar-refractivity contribution in [3.63, 3.8) is 0 Å². The van der Waals surface area contributed by atoms with Crippen molar-refractivity contribution in [2.75, 3.05) is 40.1 Å². The number of hydrogen-bond donors (Lipinski definition) is 2. The van der Waals surface area contributed by atoms with Gasteiger partial charge in [-0.2, -0.15) is 13.7 Å². The molecule has 47 heavy (non-hydrogen) atoms. The van der Waals surface area contributed by atoms with Crippen molar-refractivity contribution < 1.29 is 200 Å². The van der Waals surface area contributed by atoms with Crippen molar-refractivity contribution in [3.05, 3.63) is 54.9 Å². The molecular weight excluding hydrogens is 780 g/mol. The zero-order valence-corrected chi connectivity index (χ0v) is 38.4. The molecule has 0 radical (unpaired) electrons. The van der Waals surface area contributed by atoms with Gasteiger partial charge in [0.05, 0.1) is 48.6 Å².